The average molecular weight is 368 g/mol. The topological polar surface area (TPSA) is 69.0 Å². The number of nitrogens with zero attached hydrogens (tertiary/aromatic N) is 3. The molecular weight excluding hydrogens is 349 g/mol. The maximum atomic E-state index is 12.8. The van der Waals surface area contributed by atoms with Crippen LogP contribution in [0, 0.1) is 5.92 Å². The van der Waals surface area contributed by atoms with E-state index in [1.807, 2.05) is 30.3 Å². The van der Waals surface area contributed by atoms with E-state index in [0.717, 1.165) is 5.56 Å². The Morgan fingerprint density at radius 1 is 1.27 bits per heavy atom. The zero-order chi connectivity index (χ0) is 18.6. The van der Waals surface area contributed by atoms with Crippen molar-refractivity contribution in [2.24, 2.45) is 5.92 Å². The van der Waals surface area contributed by atoms with Gasteiger partial charge in [0.25, 0.3) is 0 Å². The van der Waals surface area contributed by atoms with Crippen molar-refractivity contribution >= 4 is 5.91 Å². The molecule has 1 aliphatic heterocycles. The number of fused-ring (bicyclic) bond motifs is 1. The molecule has 1 atom stereocenters. The van der Waals surface area contributed by atoms with E-state index in [1.54, 1.807) is 4.57 Å². The zero-order valence-electron chi connectivity index (χ0n) is 14.0. The number of benzene rings is 1. The number of nitrogens with one attached hydrogen (secondary N) is 1. The number of ether oxygens (including phenoxy) is 1. The van der Waals surface area contributed by atoms with Crippen LogP contribution in [0.2, 0.25) is 0 Å². The van der Waals surface area contributed by atoms with Crippen molar-refractivity contribution in [3.05, 3.63) is 47.5 Å². The Hall–Kier alpha value is -2.42. The molecule has 0 aliphatic carbocycles. The van der Waals surface area contributed by atoms with Crippen LogP contribution in [0.1, 0.15) is 23.6 Å². The molecule has 1 aromatic carbocycles. The lowest BCUT2D eigenvalue weighted by atomic mass is 9.97. The number of hydrogen-bond acceptors (Lipinski definition) is 4. The number of aromatic nitrogens is 3. The van der Waals surface area contributed by atoms with Gasteiger partial charge in [0.15, 0.2) is 5.82 Å². The predicted octanol–water partition coefficient (Wildman–Crippen LogP) is 2.24. The fraction of sp³-hybridized carbons (Fsp3) is 0.471. The Labute approximate surface area is 148 Å². The fourth-order valence-electron chi connectivity index (χ4n) is 2.86. The third-order valence-electron chi connectivity index (χ3n) is 4.29. The minimum Gasteiger partial charge on any atom is -0.367 e. The summed E-state index contributed by atoms with van der Waals surface area (Å²) in [5.41, 5.74) is 0.964. The summed E-state index contributed by atoms with van der Waals surface area (Å²) in [6.45, 7) is 0.527. The molecule has 0 unspecified atom stereocenters. The average Bonchev–Trinajstić information content (AvgIpc) is 3.02. The first-order valence-corrected chi connectivity index (χ1v) is 8.29. The lowest BCUT2D eigenvalue weighted by Crippen LogP contribution is -2.33. The van der Waals surface area contributed by atoms with Crippen molar-refractivity contribution in [1.82, 2.24) is 20.1 Å². The Morgan fingerprint density at radius 3 is 2.77 bits per heavy atom. The molecule has 0 radical (unpaired) electrons. The van der Waals surface area contributed by atoms with Crippen molar-refractivity contribution in [2.45, 2.75) is 38.7 Å². The molecule has 6 nitrogen and oxygen atoms in total. The van der Waals surface area contributed by atoms with E-state index in [1.165, 1.54) is 0 Å². The highest BCUT2D eigenvalue weighted by Crippen LogP contribution is 2.34. The second kappa shape index (κ2) is 7.86. The van der Waals surface area contributed by atoms with Gasteiger partial charge in [0.05, 0.1) is 19.1 Å². The molecule has 0 saturated heterocycles. The van der Waals surface area contributed by atoms with Gasteiger partial charge in [0, 0.05) is 13.0 Å². The highest BCUT2D eigenvalue weighted by Gasteiger charge is 2.42. The number of carbonyl (C=O) groups excluding carboxylic acids is 1. The zero-order valence-corrected chi connectivity index (χ0v) is 14.0. The van der Waals surface area contributed by atoms with E-state index in [-0.39, 0.29) is 38.4 Å². The highest BCUT2D eigenvalue weighted by molar-refractivity contribution is 5.77. The van der Waals surface area contributed by atoms with E-state index in [0.29, 0.717) is 18.3 Å². The van der Waals surface area contributed by atoms with E-state index >= 15 is 0 Å². The van der Waals surface area contributed by atoms with Gasteiger partial charge in [-0.2, -0.15) is 13.2 Å². The molecule has 0 saturated carbocycles. The van der Waals surface area contributed by atoms with Gasteiger partial charge in [0.2, 0.25) is 5.91 Å². The predicted molar refractivity (Wildman–Crippen MR) is 85.8 cm³/mol. The van der Waals surface area contributed by atoms with Crippen LogP contribution >= 0.6 is 0 Å². The van der Waals surface area contributed by atoms with Crippen LogP contribution in [0.4, 0.5) is 13.2 Å². The van der Waals surface area contributed by atoms with E-state index < -0.39 is 12.1 Å². The van der Waals surface area contributed by atoms with Crippen LogP contribution in [0.15, 0.2) is 30.3 Å². The first kappa shape index (κ1) is 18.4. The van der Waals surface area contributed by atoms with Crippen molar-refractivity contribution in [3.63, 3.8) is 0 Å². The van der Waals surface area contributed by atoms with Gasteiger partial charge in [-0.3, -0.25) is 4.79 Å². The largest absolute Gasteiger partial charge is 0.392 e. The van der Waals surface area contributed by atoms with Crippen molar-refractivity contribution < 1.29 is 22.7 Å². The summed E-state index contributed by atoms with van der Waals surface area (Å²) in [4.78, 5) is 11.8. The summed E-state index contributed by atoms with van der Waals surface area (Å²) in [6, 6.07) is 9.46. The Morgan fingerprint density at radius 2 is 2.04 bits per heavy atom. The molecule has 1 aromatic heterocycles. The Bertz CT molecular complexity index is 746. The molecule has 1 amide bonds. The van der Waals surface area contributed by atoms with Crippen molar-refractivity contribution in [2.75, 3.05) is 6.61 Å². The maximum Gasteiger partial charge on any atom is 0.392 e. The lowest BCUT2D eigenvalue weighted by Gasteiger charge is -2.25. The van der Waals surface area contributed by atoms with Gasteiger partial charge >= 0.3 is 6.18 Å². The van der Waals surface area contributed by atoms with Crippen molar-refractivity contribution in [1.29, 1.82) is 0 Å². The van der Waals surface area contributed by atoms with Gasteiger partial charge in [-0.25, -0.2) is 0 Å². The minimum absolute atomic E-state index is 0.00429. The van der Waals surface area contributed by atoms with Crippen LogP contribution in [0.25, 0.3) is 0 Å². The lowest BCUT2D eigenvalue weighted by molar-refractivity contribution is -0.179. The molecule has 2 heterocycles. The monoisotopic (exact) mass is 368 g/mol. The summed E-state index contributed by atoms with van der Waals surface area (Å²) in [7, 11) is 0. The minimum atomic E-state index is -4.22. The van der Waals surface area contributed by atoms with Gasteiger partial charge in [-0.15, -0.1) is 10.2 Å². The number of alkyl halides is 3. The molecule has 3 rings (SSSR count). The second-order valence-electron chi connectivity index (χ2n) is 6.17. The summed E-state index contributed by atoms with van der Waals surface area (Å²) >= 11 is 0. The fourth-order valence-corrected chi connectivity index (χ4v) is 2.86. The number of hydrogen-bond donors (Lipinski definition) is 1. The SMILES string of the molecule is O=C(COCc1ccccc1)NCc1nnc2n1CC[C@@H](C(F)(F)F)C2. The van der Waals surface area contributed by atoms with Crippen molar-refractivity contribution in [3.8, 4) is 0 Å². The highest BCUT2D eigenvalue weighted by atomic mass is 19.4. The molecule has 9 heteroatoms. The van der Waals surface area contributed by atoms with E-state index in [9.17, 15) is 18.0 Å². The number of carbonyl (C=O) groups is 1. The van der Waals surface area contributed by atoms with Crippen LogP contribution in [0.5, 0.6) is 0 Å². The summed E-state index contributed by atoms with van der Waals surface area (Å²) in [5, 5.41) is 10.4. The van der Waals surface area contributed by atoms with Gasteiger partial charge in [0.1, 0.15) is 12.4 Å². The normalized spacial score (nSPS) is 17.0. The van der Waals surface area contributed by atoms with E-state index in [4.69, 9.17) is 4.74 Å². The van der Waals surface area contributed by atoms with Crippen LogP contribution in [-0.2, 0) is 35.6 Å². The quantitative estimate of drug-likeness (QED) is 0.849. The first-order chi connectivity index (χ1) is 12.4. The summed E-state index contributed by atoms with van der Waals surface area (Å²) < 4.78 is 45.4. The smallest absolute Gasteiger partial charge is 0.367 e. The molecule has 26 heavy (non-hydrogen) atoms. The number of amides is 1. The molecule has 0 fully saturated rings. The second-order valence-corrected chi connectivity index (χ2v) is 6.17. The number of rotatable bonds is 6. The standard InChI is InChI=1S/C17H19F3N4O2/c18-17(19,20)13-6-7-24-14(8-13)22-23-15(24)9-21-16(25)11-26-10-12-4-2-1-3-5-12/h1-5,13H,6-11H2,(H,21,25)/t13-/m1/s1. The van der Waals surface area contributed by atoms with Crippen LogP contribution in [-0.4, -0.2) is 33.5 Å². The Balaban J connectivity index is 1.46. The van der Waals surface area contributed by atoms with Crippen LogP contribution in [0.3, 0.4) is 0 Å². The molecule has 0 spiro atoms. The molecule has 140 valence electrons. The summed E-state index contributed by atoms with van der Waals surface area (Å²) in [5.74, 6) is -0.935. The molecule has 2 aromatic rings. The molecular formula is C17H19F3N4O2. The molecule has 0 bridgehead atoms. The molecule has 1 aliphatic rings. The number of halogens is 3. The first-order valence-electron chi connectivity index (χ1n) is 8.29. The maximum absolute atomic E-state index is 12.8. The third-order valence-corrected chi connectivity index (χ3v) is 4.29. The van der Waals surface area contributed by atoms with Gasteiger partial charge < -0.3 is 14.6 Å². The van der Waals surface area contributed by atoms with Crippen LogP contribution < -0.4 is 5.32 Å². The summed E-state index contributed by atoms with van der Waals surface area (Å²) in [6.07, 6.45) is -4.40. The Kier molecular flexibility index (Phi) is 5.55. The van der Waals surface area contributed by atoms with Gasteiger partial charge in [-0.1, -0.05) is 30.3 Å². The van der Waals surface area contributed by atoms with Gasteiger partial charge in [-0.05, 0) is 12.0 Å². The third kappa shape index (κ3) is 4.60. The van der Waals surface area contributed by atoms with E-state index in [2.05, 4.69) is 15.5 Å². The molecule has 1 N–H and O–H groups in total.